The highest BCUT2D eigenvalue weighted by Crippen LogP contribution is 2.28. The molecule has 8 heteroatoms. The van der Waals surface area contributed by atoms with Crippen LogP contribution in [-0.2, 0) is 14.3 Å². The quantitative estimate of drug-likeness (QED) is 0.578. The number of nitrogens with one attached hydrogen (secondary N) is 2. The summed E-state index contributed by atoms with van der Waals surface area (Å²) < 4.78 is 5.37. The van der Waals surface area contributed by atoms with Crippen molar-refractivity contribution in [3.63, 3.8) is 0 Å². The van der Waals surface area contributed by atoms with Crippen molar-refractivity contribution in [1.82, 2.24) is 15.5 Å². The fourth-order valence-corrected chi connectivity index (χ4v) is 3.98. The molecule has 33 heavy (non-hydrogen) atoms. The largest absolute Gasteiger partial charge is 0.444 e. The van der Waals surface area contributed by atoms with Crippen LogP contribution in [-0.4, -0.2) is 59.0 Å². The molecule has 7 nitrogen and oxygen atoms in total. The fraction of sp³-hybridized carbons (Fsp3) is 0.640. The first-order valence-electron chi connectivity index (χ1n) is 11.2. The Hall–Kier alpha value is -2.22. The van der Waals surface area contributed by atoms with Crippen molar-refractivity contribution in [2.45, 2.75) is 85.0 Å². The topological polar surface area (TPSA) is 87.7 Å². The van der Waals surface area contributed by atoms with Crippen LogP contribution in [0.15, 0.2) is 18.2 Å². The first-order chi connectivity index (χ1) is 15.1. The molecule has 2 atom stereocenters. The number of hydrogen-bond acceptors (Lipinski definition) is 5. The number of hydrogen-bond donors (Lipinski definition) is 2. The lowest BCUT2D eigenvalue weighted by molar-refractivity contribution is -0.141. The third-order valence-electron chi connectivity index (χ3n) is 4.90. The molecule has 0 aliphatic rings. The third-order valence-corrected chi connectivity index (χ3v) is 5.54. The van der Waals surface area contributed by atoms with Gasteiger partial charge in [-0.25, -0.2) is 4.79 Å². The van der Waals surface area contributed by atoms with Crippen molar-refractivity contribution < 1.29 is 19.1 Å². The second-order valence-corrected chi connectivity index (χ2v) is 11.4. The van der Waals surface area contributed by atoms with Crippen molar-refractivity contribution in [2.75, 3.05) is 19.1 Å². The highest BCUT2D eigenvalue weighted by molar-refractivity contribution is 7.98. The van der Waals surface area contributed by atoms with E-state index in [0.29, 0.717) is 12.2 Å². The van der Waals surface area contributed by atoms with E-state index in [2.05, 4.69) is 10.6 Å². The van der Waals surface area contributed by atoms with Gasteiger partial charge < -0.3 is 20.3 Å². The summed E-state index contributed by atoms with van der Waals surface area (Å²) in [5.41, 5.74) is 1.48. The fourth-order valence-electron chi connectivity index (χ4n) is 3.51. The molecule has 0 bridgehead atoms. The summed E-state index contributed by atoms with van der Waals surface area (Å²) in [5.74, 6) is 0.0608. The predicted octanol–water partition coefficient (Wildman–Crippen LogP) is 4.36. The predicted molar refractivity (Wildman–Crippen MR) is 135 cm³/mol. The second-order valence-electron chi connectivity index (χ2n) is 10.4. The van der Waals surface area contributed by atoms with Crippen LogP contribution in [0.2, 0.25) is 0 Å². The first-order valence-corrected chi connectivity index (χ1v) is 12.6. The van der Waals surface area contributed by atoms with Crippen LogP contribution < -0.4 is 10.6 Å². The van der Waals surface area contributed by atoms with E-state index in [9.17, 15) is 14.4 Å². The molecule has 1 aromatic rings. The normalized spacial score (nSPS) is 13.6. The lowest BCUT2D eigenvalue weighted by Crippen LogP contribution is -2.53. The Morgan fingerprint density at radius 3 is 2.06 bits per heavy atom. The molecule has 186 valence electrons. The first kappa shape index (κ1) is 28.8. The Bertz CT molecular complexity index is 823. The van der Waals surface area contributed by atoms with Crippen LogP contribution in [0.1, 0.15) is 70.7 Å². The zero-order chi connectivity index (χ0) is 25.6. The average Bonchev–Trinajstić information content (AvgIpc) is 2.64. The van der Waals surface area contributed by atoms with E-state index in [1.807, 2.05) is 59.1 Å². The van der Waals surface area contributed by atoms with E-state index in [1.165, 1.54) is 4.90 Å². The zero-order valence-corrected chi connectivity index (χ0v) is 22.6. The summed E-state index contributed by atoms with van der Waals surface area (Å²) >= 11 is 1.58. The van der Waals surface area contributed by atoms with Gasteiger partial charge in [0.05, 0.1) is 0 Å². The smallest absolute Gasteiger partial charge is 0.408 e. The van der Waals surface area contributed by atoms with Crippen LogP contribution in [0.4, 0.5) is 4.79 Å². The summed E-state index contributed by atoms with van der Waals surface area (Å²) in [5, 5.41) is 5.73. The molecule has 0 aliphatic heterocycles. The molecule has 2 unspecified atom stereocenters. The van der Waals surface area contributed by atoms with Crippen molar-refractivity contribution in [1.29, 1.82) is 0 Å². The molecule has 0 saturated heterocycles. The van der Waals surface area contributed by atoms with Gasteiger partial charge in [0.15, 0.2) is 0 Å². The van der Waals surface area contributed by atoms with Crippen LogP contribution in [0, 0.1) is 13.8 Å². The molecule has 0 saturated carbocycles. The zero-order valence-electron chi connectivity index (χ0n) is 21.8. The van der Waals surface area contributed by atoms with E-state index < -0.39 is 29.3 Å². The molecule has 0 radical (unpaired) electrons. The number of aryl methyl sites for hydroxylation is 2. The van der Waals surface area contributed by atoms with E-state index in [1.54, 1.807) is 39.6 Å². The number of nitrogens with zero attached hydrogens (tertiary/aromatic N) is 1. The summed E-state index contributed by atoms with van der Waals surface area (Å²) in [4.78, 5) is 40.9. The molecule has 2 N–H and O–H groups in total. The van der Waals surface area contributed by atoms with Crippen molar-refractivity contribution >= 4 is 29.7 Å². The number of likely N-dealkylation sites (N-methyl/N-ethyl adjacent to an activating group) is 1. The van der Waals surface area contributed by atoms with Crippen LogP contribution in [0.25, 0.3) is 0 Å². The number of rotatable bonds is 8. The van der Waals surface area contributed by atoms with Gasteiger partial charge in [0, 0.05) is 12.6 Å². The summed E-state index contributed by atoms with van der Waals surface area (Å²) in [6.07, 6.45) is 1.71. The van der Waals surface area contributed by atoms with Gasteiger partial charge in [-0.3, -0.25) is 9.59 Å². The summed E-state index contributed by atoms with van der Waals surface area (Å²) in [6, 6.07) is 4.14. The van der Waals surface area contributed by atoms with E-state index in [4.69, 9.17) is 4.74 Å². The second kappa shape index (κ2) is 11.8. The van der Waals surface area contributed by atoms with Gasteiger partial charge in [-0.1, -0.05) is 18.2 Å². The van der Waals surface area contributed by atoms with Gasteiger partial charge in [-0.05, 0) is 90.5 Å². The number of amides is 3. The Kier molecular flexibility index (Phi) is 10.3. The lowest BCUT2D eigenvalue weighted by Gasteiger charge is -2.34. The highest BCUT2D eigenvalue weighted by atomic mass is 32.2. The lowest BCUT2D eigenvalue weighted by atomic mass is 9.93. The minimum Gasteiger partial charge on any atom is -0.444 e. The minimum atomic E-state index is -0.838. The minimum absolute atomic E-state index is 0.267. The third kappa shape index (κ3) is 9.27. The maximum Gasteiger partial charge on any atom is 0.408 e. The SMILES string of the molecule is CSCCC(NC(=O)OC(C)(C)C)C(=O)N(C)C(C(=O)NC(C)(C)C)c1c(C)cccc1C. The molecular weight excluding hydrogens is 438 g/mol. The number of carbonyl (C=O) groups is 3. The number of carbonyl (C=O) groups excluding carboxylic acids is 3. The molecule has 0 spiro atoms. The van der Waals surface area contributed by atoms with Gasteiger partial charge in [0.25, 0.3) is 0 Å². The molecule has 0 heterocycles. The van der Waals surface area contributed by atoms with E-state index in [-0.39, 0.29) is 11.8 Å². The Morgan fingerprint density at radius 1 is 1.06 bits per heavy atom. The van der Waals surface area contributed by atoms with Crippen molar-refractivity contribution in [2.24, 2.45) is 0 Å². The Balaban J connectivity index is 3.36. The van der Waals surface area contributed by atoms with Gasteiger partial charge >= 0.3 is 6.09 Å². The molecule has 3 amide bonds. The summed E-state index contributed by atoms with van der Waals surface area (Å²) in [7, 11) is 1.62. The monoisotopic (exact) mass is 479 g/mol. The van der Waals surface area contributed by atoms with Gasteiger partial charge in [0.2, 0.25) is 11.8 Å². The van der Waals surface area contributed by atoms with E-state index in [0.717, 1.165) is 16.7 Å². The molecule has 1 aromatic carbocycles. The maximum atomic E-state index is 13.6. The molecule has 1 rings (SSSR count). The van der Waals surface area contributed by atoms with Crippen molar-refractivity contribution in [3.8, 4) is 0 Å². The van der Waals surface area contributed by atoms with Crippen LogP contribution in [0.5, 0.6) is 0 Å². The van der Waals surface area contributed by atoms with Crippen LogP contribution >= 0.6 is 11.8 Å². The van der Waals surface area contributed by atoms with Crippen LogP contribution in [0.3, 0.4) is 0 Å². The van der Waals surface area contributed by atoms with Gasteiger partial charge in [-0.2, -0.15) is 11.8 Å². The molecule has 0 aliphatic carbocycles. The average molecular weight is 480 g/mol. The highest BCUT2D eigenvalue weighted by Gasteiger charge is 2.36. The van der Waals surface area contributed by atoms with Gasteiger partial charge in [0.1, 0.15) is 17.7 Å². The number of alkyl carbamates (subject to hydrolysis) is 1. The summed E-state index contributed by atoms with van der Waals surface area (Å²) in [6.45, 7) is 14.9. The number of benzene rings is 1. The molecule has 0 fully saturated rings. The maximum absolute atomic E-state index is 13.6. The molecule has 0 aromatic heterocycles. The van der Waals surface area contributed by atoms with Crippen molar-refractivity contribution in [3.05, 3.63) is 34.9 Å². The Morgan fingerprint density at radius 2 is 1.61 bits per heavy atom. The number of ether oxygens (including phenoxy) is 1. The van der Waals surface area contributed by atoms with Gasteiger partial charge in [-0.15, -0.1) is 0 Å². The number of thioether (sulfide) groups is 1. The Labute approximate surface area is 203 Å². The standard InChI is InChI=1S/C25H41N3O4S/c1-16-12-11-13-17(2)19(16)20(21(29)27-24(3,4)5)28(9)22(30)18(14-15-33-10)26-23(31)32-25(6,7)8/h11-13,18,20H,14-15H2,1-10H3,(H,26,31)(H,27,29). The van der Waals surface area contributed by atoms with E-state index >= 15 is 0 Å². The molecular formula is C25H41N3O4S.